The number of carbonyl (C=O) groups is 1. The predicted molar refractivity (Wildman–Crippen MR) is 87.6 cm³/mol. The molecule has 0 saturated carbocycles. The van der Waals surface area contributed by atoms with E-state index in [4.69, 9.17) is 0 Å². The van der Waals surface area contributed by atoms with Gasteiger partial charge in [0.15, 0.2) is 5.96 Å². The van der Waals surface area contributed by atoms with Gasteiger partial charge in [-0.05, 0) is 29.3 Å². The zero-order valence-electron chi connectivity index (χ0n) is 13.0. The second-order valence-electron chi connectivity index (χ2n) is 5.63. The van der Waals surface area contributed by atoms with Crippen LogP contribution in [0.25, 0.3) is 0 Å². The molecule has 1 aliphatic heterocycles. The lowest BCUT2D eigenvalue weighted by Crippen LogP contribution is -2.46. The molecule has 0 radical (unpaired) electrons. The minimum absolute atomic E-state index is 0.124. The minimum atomic E-state index is 0.124. The number of hydrogen-bond acceptors (Lipinski definition) is 3. The summed E-state index contributed by atoms with van der Waals surface area (Å²) in [6.45, 7) is 6.95. The van der Waals surface area contributed by atoms with Crippen LogP contribution in [0.2, 0.25) is 0 Å². The van der Waals surface area contributed by atoms with Gasteiger partial charge in [-0.3, -0.25) is 9.79 Å². The summed E-state index contributed by atoms with van der Waals surface area (Å²) in [4.78, 5) is 19.7. The summed E-state index contributed by atoms with van der Waals surface area (Å²) in [6, 6.07) is 2.12. The summed E-state index contributed by atoms with van der Waals surface area (Å²) in [6.07, 6.45) is 0.971. The maximum atomic E-state index is 12.3. The summed E-state index contributed by atoms with van der Waals surface area (Å²) in [5.41, 5.74) is 1.29. The fourth-order valence-electron chi connectivity index (χ4n) is 2.25. The molecule has 1 aromatic heterocycles. The molecule has 0 bridgehead atoms. The highest BCUT2D eigenvalue weighted by Gasteiger charge is 2.21. The van der Waals surface area contributed by atoms with Gasteiger partial charge in [-0.1, -0.05) is 13.8 Å². The van der Waals surface area contributed by atoms with Gasteiger partial charge in [0.05, 0.1) is 6.54 Å². The van der Waals surface area contributed by atoms with Crippen LogP contribution in [0.15, 0.2) is 16.4 Å². The van der Waals surface area contributed by atoms with Crippen molar-refractivity contribution >= 4 is 23.2 Å². The molecular weight excluding hydrogens is 284 g/mol. The van der Waals surface area contributed by atoms with Gasteiger partial charge in [0, 0.05) is 31.6 Å². The topological polar surface area (TPSA) is 56.7 Å². The van der Waals surface area contributed by atoms with E-state index >= 15 is 0 Å². The SMILES string of the molecule is CN=C(NCC(=O)N1CCc2sccc2C1)NCC(C)C. The quantitative estimate of drug-likeness (QED) is 0.654. The number of nitrogens with one attached hydrogen (secondary N) is 2. The first kappa shape index (κ1) is 15.8. The van der Waals surface area contributed by atoms with Crippen LogP contribution in [0.1, 0.15) is 24.3 Å². The summed E-state index contributed by atoms with van der Waals surface area (Å²) < 4.78 is 0. The molecule has 1 aromatic rings. The number of carbonyl (C=O) groups excluding carboxylic acids is 1. The van der Waals surface area contributed by atoms with E-state index in [-0.39, 0.29) is 12.5 Å². The third-order valence-electron chi connectivity index (χ3n) is 3.47. The molecule has 5 nitrogen and oxygen atoms in total. The summed E-state index contributed by atoms with van der Waals surface area (Å²) in [5.74, 6) is 1.35. The van der Waals surface area contributed by atoms with Crippen LogP contribution in [0.5, 0.6) is 0 Å². The van der Waals surface area contributed by atoms with Crippen LogP contribution < -0.4 is 10.6 Å². The lowest BCUT2D eigenvalue weighted by molar-refractivity contribution is -0.130. The summed E-state index contributed by atoms with van der Waals surface area (Å²) in [5, 5.41) is 8.40. The first-order valence-electron chi connectivity index (χ1n) is 7.37. The monoisotopic (exact) mass is 308 g/mol. The van der Waals surface area contributed by atoms with E-state index in [1.165, 1.54) is 10.4 Å². The van der Waals surface area contributed by atoms with Crippen molar-refractivity contribution in [1.82, 2.24) is 15.5 Å². The van der Waals surface area contributed by atoms with Crippen LogP contribution in [0.4, 0.5) is 0 Å². The van der Waals surface area contributed by atoms with Crippen LogP contribution in [0, 0.1) is 5.92 Å². The van der Waals surface area contributed by atoms with Gasteiger partial charge in [0.2, 0.25) is 5.91 Å². The normalized spacial score (nSPS) is 15.0. The third kappa shape index (κ3) is 4.46. The van der Waals surface area contributed by atoms with Crippen LogP contribution in [0.3, 0.4) is 0 Å². The zero-order valence-corrected chi connectivity index (χ0v) is 13.8. The fraction of sp³-hybridized carbons (Fsp3) is 0.600. The molecule has 0 aliphatic carbocycles. The largest absolute Gasteiger partial charge is 0.356 e. The number of thiophene rings is 1. The lowest BCUT2D eigenvalue weighted by atomic mass is 10.1. The van der Waals surface area contributed by atoms with Gasteiger partial charge in [-0.15, -0.1) is 11.3 Å². The highest BCUT2D eigenvalue weighted by molar-refractivity contribution is 7.10. The van der Waals surface area contributed by atoms with E-state index in [1.807, 2.05) is 4.90 Å². The molecule has 0 spiro atoms. The Balaban J connectivity index is 1.79. The second kappa shape index (κ2) is 7.45. The smallest absolute Gasteiger partial charge is 0.242 e. The van der Waals surface area contributed by atoms with E-state index in [1.54, 1.807) is 18.4 Å². The first-order valence-corrected chi connectivity index (χ1v) is 8.25. The number of fused-ring (bicyclic) bond motifs is 1. The number of nitrogens with zero attached hydrogens (tertiary/aromatic N) is 2. The van der Waals surface area contributed by atoms with E-state index < -0.39 is 0 Å². The summed E-state index contributed by atoms with van der Waals surface area (Å²) >= 11 is 1.79. The Morgan fingerprint density at radius 3 is 3.00 bits per heavy atom. The summed E-state index contributed by atoms with van der Waals surface area (Å²) in [7, 11) is 1.72. The van der Waals surface area contributed by atoms with Crippen molar-refractivity contribution in [2.45, 2.75) is 26.8 Å². The maximum Gasteiger partial charge on any atom is 0.242 e. The van der Waals surface area contributed by atoms with Crippen LogP contribution >= 0.6 is 11.3 Å². The van der Waals surface area contributed by atoms with Crippen molar-refractivity contribution in [2.24, 2.45) is 10.9 Å². The Bertz CT molecular complexity index is 510. The Morgan fingerprint density at radius 1 is 1.48 bits per heavy atom. The molecule has 2 heterocycles. The zero-order chi connectivity index (χ0) is 15.2. The van der Waals surface area contributed by atoms with Crippen LogP contribution in [-0.4, -0.2) is 43.4 Å². The number of aliphatic imine (C=N–C) groups is 1. The highest BCUT2D eigenvalue weighted by Crippen LogP contribution is 2.23. The molecule has 2 N–H and O–H groups in total. The fourth-order valence-corrected chi connectivity index (χ4v) is 3.14. The van der Waals surface area contributed by atoms with Gasteiger partial charge in [0.25, 0.3) is 0 Å². The van der Waals surface area contributed by atoms with Crippen molar-refractivity contribution in [3.05, 3.63) is 21.9 Å². The Morgan fingerprint density at radius 2 is 2.29 bits per heavy atom. The van der Waals surface area contributed by atoms with E-state index in [2.05, 4.69) is 40.9 Å². The average molecular weight is 308 g/mol. The van der Waals surface area contributed by atoms with Gasteiger partial charge >= 0.3 is 0 Å². The molecule has 0 unspecified atom stereocenters. The standard InChI is InChI=1S/C15H24N4OS/c1-11(2)8-17-15(16-3)18-9-14(20)19-6-4-13-12(10-19)5-7-21-13/h5,7,11H,4,6,8-10H2,1-3H3,(H2,16,17,18). The van der Waals surface area contributed by atoms with E-state index in [9.17, 15) is 4.79 Å². The lowest BCUT2D eigenvalue weighted by Gasteiger charge is -2.27. The Labute approximate surface area is 130 Å². The number of guanidine groups is 1. The second-order valence-corrected chi connectivity index (χ2v) is 6.64. The average Bonchev–Trinajstić information content (AvgIpc) is 2.94. The number of amides is 1. The van der Waals surface area contributed by atoms with Gasteiger partial charge in [-0.25, -0.2) is 0 Å². The molecule has 0 aromatic carbocycles. The predicted octanol–water partition coefficient (Wildman–Crippen LogP) is 1.45. The molecule has 0 saturated heterocycles. The minimum Gasteiger partial charge on any atom is -0.356 e. The molecule has 21 heavy (non-hydrogen) atoms. The Kier molecular flexibility index (Phi) is 5.61. The highest BCUT2D eigenvalue weighted by atomic mass is 32.1. The first-order chi connectivity index (χ1) is 10.1. The molecule has 0 fully saturated rings. The van der Waals surface area contributed by atoms with E-state index in [0.29, 0.717) is 11.9 Å². The molecular formula is C15H24N4OS. The maximum absolute atomic E-state index is 12.3. The number of rotatable bonds is 4. The van der Waals surface area contributed by atoms with E-state index in [0.717, 1.165) is 26.1 Å². The third-order valence-corrected chi connectivity index (χ3v) is 4.49. The molecule has 116 valence electrons. The van der Waals surface area contributed by atoms with Crippen molar-refractivity contribution in [2.75, 3.05) is 26.7 Å². The van der Waals surface area contributed by atoms with Gasteiger partial charge < -0.3 is 15.5 Å². The molecule has 1 aliphatic rings. The molecule has 1 amide bonds. The van der Waals surface area contributed by atoms with Gasteiger partial charge in [-0.2, -0.15) is 0 Å². The van der Waals surface area contributed by atoms with Crippen molar-refractivity contribution in [1.29, 1.82) is 0 Å². The van der Waals surface area contributed by atoms with Crippen molar-refractivity contribution in [3.8, 4) is 0 Å². The van der Waals surface area contributed by atoms with Gasteiger partial charge in [0.1, 0.15) is 0 Å². The van der Waals surface area contributed by atoms with Crippen molar-refractivity contribution in [3.63, 3.8) is 0 Å². The number of hydrogen-bond donors (Lipinski definition) is 2. The Hall–Kier alpha value is -1.56. The van der Waals surface area contributed by atoms with Crippen molar-refractivity contribution < 1.29 is 4.79 Å². The van der Waals surface area contributed by atoms with Crippen LogP contribution in [-0.2, 0) is 17.8 Å². The molecule has 6 heteroatoms. The molecule has 0 atom stereocenters. The molecule has 2 rings (SSSR count).